The number of pyridine rings is 1. The Hall–Kier alpha value is -1.33. The van der Waals surface area contributed by atoms with Crippen LogP contribution in [0.1, 0.15) is 12.1 Å². The van der Waals surface area contributed by atoms with Crippen LogP contribution in [0.25, 0.3) is 10.8 Å². The Morgan fingerprint density at radius 1 is 1.38 bits per heavy atom. The van der Waals surface area contributed by atoms with Gasteiger partial charge in [0, 0.05) is 18.5 Å². The summed E-state index contributed by atoms with van der Waals surface area (Å²) in [6.45, 7) is 0. The second kappa shape index (κ2) is 5.46. The standard InChI is InChI=1S/C15H17ClN2O2S/c1-18(13-6-7-21(19,20)10-13)15-14-5-3-2-4-11(14)8-12(9-16)17-15/h2-5,8,13H,6-7,9-10H2,1H3. The van der Waals surface area contributed by atoms with Gasteiger partial charge in [0.05, 0.1) is 23.1 Å². The number of sulfone groups is 1. The quantitative estimate of drug-likeness (QED) is 0.814. The number of nitrogens with zero attached hydrogens (tertiary/aromatic N) is 2. The zero-order valence-corrected chi connectivity index (χ0v) is 13.4. The maximum absolute atomic E-state index is 11.7. The number of fused-ring (bicyclic) bond motifs is 1. The van der Waals surface area contributed by atoms with E-state index < -0.39 is 9.84 Å². The number of benzene rings is 1. The maximum atomic E-state index is 11.7. The third kappa shape index (κ3) is 2.85. The first-order valence-electron chi connectivity index (χ1n) is 6.88. The molecule has 1 unspecified atom stereocenters. The van der Waals surface area contributed by atoms with Gasteiger partial charge in [-0.2, -0.15) is 0 Å². The van der Waals surface area contributed by atoms with Gasteiger partial charge in [-0.1, -0.05) is 24.3 Å². The van der Waals surface area contributed by atoms with Crippen molar-refractivity contribution in [2.24, 2.45) is 0 Å². The normalized spacial score (nSPS) is 20.8. The van der Waals surface area contributed by atoms with Gasteiger partial charge in [-0.25, -0.2) is 13.4 Å². The zero-order chi connectivity index (χ0) is 15.0. The summed E-state index contributed by atoms with van der Waals surface area (Å²) in [5.74, 6) is 1.61. The lowest BCUT2D eigenvalue weighted by Crippen LogP contribution is -2.33. The van der Waals surface area contributed by atoms with Gasteiger partial charge in [-0.3, -0.25) is 0 Å². The van der Waals surface area contributed by atoms with E-state index in [1.165, 1.54) is 0 Å². The topological polar surface area (TPSA) is 50.3 Å². The van der Waals surface area contributed by atoms with E-state index in [0.717, 1.165) is 22.3 Å². The van der Waals surface area contributed by atoms with Gasteiger partial charge >= 0.3 is 0 Å². The highest BCUT2D eigenvalue weighted by Crippen LogP contribution is 2.29. The van der Waals surface area contributed by atoms with Crippen molar-refractivity contribution < 1.29 is 8.42 Å². The van der Waals surface area contributed by atoms with Crippen molar-refractivity contribution in [3.8, 4) is 0 Å². The van der Waals surface area contributed by atoms with Crippen molar-refractivity contribution in [2.75, 3.05) is 23.5 Å². The molecule has 0 spiro atoms. The first kappa shape index (κ1) is 14.6. The van der Waals surface area contributed by atoms with E-state index in [1.807, 2.05) is 42.3 Å². The summed E-state index contributed by atoms with van der Waals surface area (Å²) in [7, 11) is -0.998. The molecule has 1 saturated heterocycles. The monoisotopic (exact) mass is 324 g/mol. The Morgan fingerprint density at radius 3 is 2.81 bits per heavy atom. The largest absolute Gasteiger partial charge is 0.355 e. The molecular formula is C15H17ClN2O2S. The van der Waals surface area contributed by atoms with Crippen LogP contribution in [0.5, 0.6) is 0 Å². The van der Waals surface area contributed by atoms with Crippen molar-refractivity contribution in [3.63, 3.8) is 0 Å². The Labute approximate surface area is 129 Å². The van der Waals surface area contributed by atoms with Crippen LogP contribution in [0, 0.1) is 0 Å². The highest BCUT2D eigenvalue weighted by molar-refractivity contribution is 7.91. The van der Waals surface area contributed by atoms with Crippen molar-refractivity contribution in [3.05, 3.63) is 36.0 Å². The lowest BCUT2D eigenvalue weighted by atomic mass is 10.1. The first-order chi connectivity index (χ1) is 10.00. The van der Waals surface area contributed by atoms with Gasteiger partial charge < -0.3 is 4.90 Å². The van der Waals surface area contributed by atoms with Crippen LogP contribution in [0.15, 0.2) is 30.3 Å². The summed E-state index contributed by atoms with van der Waals surface area (Å²) in [5, 5.41) is 2.10. The van der Waals surface area contributed by atoms with E-state index in [0.29, 0.717) is 12.3 Å². The molecule has 0 bridgehead atoms. The lowest BCUT2D eigenvalue weighted by molar-refractivity contribution is 0.600. The number of aromatic nitrogens is 1. The predicted octanol–water partition coefficient (Wildman–Crippen LogP) is 2.60. The smallest absolute Gasteiger partial charge is 0.152 e. The third-order valence-corrected chi connectivity index (χ3v) is 6.02. The average molecular weight is 325 g/mol. The van der Waals surface area contributed by atoms with Crippen LogP contribution in [0.3, 0.4) is 0 Å². The van der Waals surface area contributed by atoms with Crippen LogP contribution >= 0.6 is 11.6 Å². The Balaban J connectivity index is 2.06. The molecule has 6 heteroatoms. The SMILES string of the molecule is CN(c1nc(CCl)cc2ccccc12)C1CCS(=O)(=O)C1. The van der Waals surface area contributed by atoms with Crippen molar-refractivity contribution in [2.45, 2.75) is 18.3 Å². The first-order valence-corrected chi connectivity index (χ1v) is 9.23. The minimum atomic E-state index is -2.91. The van der Waals surface area contributed by atoms with Gasteiger partial charge in [0.2, 0.25) is 0 Å². The number of alkyl halides is 1. The zero-order valence-electron chi connectivity index (χ0n) is 11.8. The van der Waals surface area contributed by atoms with Crippen LogP contribution in [-0.2, 0) is 15.7 Å². The van der Waals surface area contributed by atoms with Crippen molar-refractivity contribution in [1.29, 1.82) is 0 Å². The predicted molar refractivity (Wildman–Crippen MR) is 86.8 cm³/mol. The molecule has 1 aromatic carbocycles. The molecule has 0 saturated carbocycles. The summed E-state index contributed by atoms with van der Waals surface area (Å²) >= 11 is 5.93. The molecule has 3 rings (SSSR count). The molecule has 2 aromatic rings. The van der Waals surface area contributed by atoms with Crippen LogP contribution in [0.2, 0.25) is 0 Å². The summed E-state index contributed by atoms with van der Waals surface area (Å²) in [4.78, 5) is 6.60. The fourth-order valence-electron chi connectivity index (χ4n) is 2.83. The van der Waals surface area contributed by atoms with Gasteiger partial charge in [0.25, 0.3) is 0 Å². The summed E-state index contributed by atoms with van der Waals surface area (Å²) in [6, 6.07) is 9.93. The van der Waals surface area contributed by atoms with E-state index in [2.05, 4.69) is 4.98 Å². The highest BCUT2D eigenvalue weighted by Gasteiger charge is 2.31. The van der Waals surface area contributed by atoms with Crippen LogP contribution < -0.4 is 4.90 Å². The molecular weight excluding hydrogens is 308 g/mol. The summed E-state index contributed by atoms with van der Waals surface area (Å²) in [5.41, 5.74) is 0.804. The van der Waals surface area contributed by atoms with E-state index >= 15 is 0 Å². The van der Waals surface area contributed by atoms with E-state index in [-0.39, 0.29) is 17.5 Å². The molecule has 1 aromatic heterocycles. The van der Waals surface area contributed by atoms with E-state index in [9.17, 15) is 8.42 Å². The second-order valence-electron chi connectivity index (χ2n) is 5.46. The van der Waals surface area contributed by atoms with Crippen molar-refractivity contribution >= 4 is 38.0 Å². The average Bonchev–Trinajstić information content (AvgIpc) is 2.85. The minimum Gasteiger partial charge on any atom is -0.355 e. The lowest BCUT2D eigenvalue weighted by Gasteiger charge is -2.26. The minimum absolute atomic E-state index is 0.0171. The Bertz CT molecular complexity index is 776. The fourth-order valence-corrected chi connectivity index (χ4v) is 4.74. The highest BCUT2D eigenvalue weighted by atomic mass is 35.5. The van der Waals surface area contributed by atoms with Crippen LogP contribution in [-0.4, -0.2) is 38.0 Å². The molecule has 0 amide bonds. The fraction of sp³-hybridized carbons (Fsp3) is 0.400. The van der Waals surface area contributed by atoms with Crippen molar-refractivity contribution in [1.82, 2.24) is 4.98 Å². The van der Waals surface area contributed by atoms with Gasteiger partial charge in [-0.15, -0.1) is 11.6 Å². The number of hydrogen-bond donors (Lipinski definition) is 0. The van der Waals surface area contributed by atoms with E-state index in [4.69, 9.17) is 11.6 Å². The summed E-state index contributed by atoms with van der Waals surface area (Å²) < 4.78 is 23.4. The van der Waals surface area contributed by atoms with Gasteiger partial charge in [0.15, 0.2) is 9.84 Å². The number of anilines is 1. The molecule has 1 aliphatic heterocycles. The number of rotatable bonds is 3. The molecule has 1 atom stereocenters. The number of hydrogen-bond acceptors (Lipinski definition) is 4. The second-order valence-corrected chi connectivity index (χ2v) is 7.96. The Kier molecular flexibility index (Phi) is 3.80. The van der Waals surface area contributed by atoms with Gasteiger partial charge in [-0.05, 0) is 17.9 Å². The molecule has 112 valence electrons. The maximum Gasteiger partial charge on any atom is 0.152 e. The molecule has 1 fully saturated rings. The molecule has 1 aliphatic rings. The molecule has 0 aliphatic carbocycles. The molecule has 21 heavy (non-hydrogen) atoms. The van der Waals surface area contributed by atoms with E-state index in [1.54, 1.807) is 0 Å². The molecule has 0 N–H and O–H groups in total. The Morgan fingerprint density at radius 2 is 2.14 bits per heavy atom. The third-order valence-electron chi connectivity index (χ3n) is 4.00. The molecule has 0 radical (unpaired) electrons. The summed E-state index contributed by atoms with van der Waals surface area (Å²) in [6.07, 6.45) is 0.653. The number of halogens is 1. The van der Waals surface area contributed by atoms with Gasteiger partial charge in [0.1, 0.15) is 5.82 Å². The van der Waals surface area contributed by atoms with Crippen LogP contribution in [0.4, 0.5) is 5.82 Å². The molecule has 2 heterocycles. The molecule has 4 nitrogen and oxygen atoms in total.